The van der Waals surface area contributed by atoms with Gasteiger partial charge in [0.2, 0.25) is 0 Å². The summed E-state index contributed by atoms with van der Waals surface area (Å²) < 4.78 is 93.8. The van der Waals surface area contributed by atoms with E-state index in [0.717, 1.165) is 0 Å². The van der Waals surface area contributed by atoms with E-state index in [9.17, 15) is 9.59 Å². The maximum absolute atomic E-state index is 12.5. The summed E-state index contributed by atoms with van der Waals surface area (Å²) in [6.07, 6.45) is -1.96. The van der Waals surface area contributed by atoms with Crippen molar-refractivity contribution in [2.75, 3.05) is 238 Å². The molecule has 0 aliphatic rings. The molecule has 2 amide bonds. The molecule has 24 nitrogen and oxygen atoms in total. The molecule has 0 rings (SSSR count). The molecule has 0 unspecified atom stereocenters. The van der Waals surface area contributed by atoms with Gasteiger partial charge in [-0.05, 0) is 41.5 Å². The second-order valence-corrected chi connectivity index (χ2v) is 16.7. The lowest BCUT2D eigenvalue weighted by molar-refractivity contribution is -0.148. The lowest BCUT2D eigenvalue weighted by atomic mass is 10.2. The third-order valence-corrected chi connectivity index (χ3v) is 8.21. The molecule has 0 fully saturated rings. The van der Waals surface area contributed by atoms with Gasteiger partial charge in [-0.1, -0.05) is 5.06 Å². The van der Waals surface area contributed by atoms with Gasteiger partial charge in [0.15, 0.2) is 0 Å². The van der Waals surface area contributed by atoms with Crippen molar-refractivity contribution >= 4 is 12.2 Å². The summed E-state index contributed by atoms with van der Waals surface area (Å²) >= 11 is 0. The zero-order valence-electron chi connectivity index (χ0n) is 43.7. The first-order chi connectivity index (χ1) is 33.9. The number of hydrogen-bond acceptors (Lipinski definition) is 23. The fourth-order valence-corrected chi connectivity index (χ4v) is 5.00. The molecule has 24 heteroatoms. The number of carbonyl (C=O) groups is 2. The minimum atomic E-state index is -0.978. The summed E-state index contributed by atoms with van der Waals surface area (Å²) in [7, 11) is 0. The topological polar surface area (TPSA) is 259 Å². The largest absolute Gasteiger partial charge is 0.444 e. The van der Waals surface area contributed by atoms with E-state index in [-0.39, 0.29) is 19.8 Å². The van der Waals surface area contributed by atoms with Crippen LogP contribution in [0.1, 0.15) is 41.5 Å². The van der Waals surface area contributed by atoms with E-state index in [1.54, 1.807) is 41.5 Å². The Balaban J connectivity index is 4.14. The number of hydrogen-bond donors (Lipinski definition) is 2. The van der Waals surface area contributed by atoms with Crippen molar-refractivity contribution in [1.29, 1.82) is 0 Å². The van der Waals surface area contributed by atoms with Crippen LogP contribution in [0.15, 0.2) is 0 Å². The Kier molecular flexibility index (Phi) is 49.1. The Morgan fingerprint density at radius 1 is 0.300 bits per heavy atom. The van der Waals surface area contributed by atoms with Crippen LogP contribution in [0.25, 0.3) is 0 Å². The molecule has 0 aromatic heterocycles. The Bertz CT molecular complexity index is 1060. The summed E-state index contributed by atoms with van der Waals surface area (Å²) in [6.45, 7) is 26.9. The fourth-order valence-electron chi connectivity index (χ4n) is 5.00. The van der Waals surface area contributed by atoms with Gasteiger partial charge < -0.3 is 92.0 Å². The predicted octanol–water partition coefficient (Wildman–Crippen LogP) is 1.56. The van der Waals surface area contributed by atoms with E-state index in [2.05, 4.69) is 4.90 Å². The highest BCUT2D eigenvalue weighted by molar-refractivity contribution is 5.86. The number of rotatable bonds is 53. The number of carbonyl (C=O) groups excluding carboxylic acids is 2. The molecule has 0 aromatic rings. The van der Waals surface area contributed by atoms with Crippen LogP contribution in [0, 0.1) is 0 Å². The highest BCUT2D eigenvalue weighted by atomic mass is 16.8. The summed E-state index contributed by atoms with van der Waals surface area (Å²) in [4.78, 5) is 32.5. The summed E-state index contributed by atoms with van der Waals surface area (Å²) in [5.41, 5.74) is 9.10. The minimum absolute atomic E-state index is 0.0840. The normalized spacial score (nSPS) is 12.1. The highest BCUT2D eigenvalue weighted by Crippen LogP contribution is 2.15. The molecule has 4 N–H and O–H groups in total. The number of nitrogens with two attached hydrogens (primary N) is 2. The zero-order chi connectivity index (χ0) is 51.5. The molecule has 0 aromatic carbocycles. The first-order valence-electron chi connectivity index (χ1n) is 24.6. The van der Waals surface area contributed by atoms with Crippen molar-refractivity contribution in [1.82, 2.24) is 9.96 Å². The van der Waals surface area contributed by atoms with Crippen molar-refractivity contribution in [2.45, 2.75) is 52.7 Å². The quantitative estimate of drug-likeness (QED) is 0.0647. The van der Waals surface area contributed by atoms with Gasteiger partial charge in [0.25, 0.3) is 0 Å². The minimum Gasteiger partial charge on any atom is -0.442 e. The predicted molar refractivity (Wildman–Crippen MR) is 257 cm³/mol. The molecule has 0 aliphatic heterocycles. The first kappa shape index (κ1) is 68.0. The molecular formula is C46H94N4O20. The van der Waals surface area contributed by atoms with E-state index < -0.39 is 23.4 Å². The smallest absolute Gasteiger partial charge is 0.442 e. The standard InChI is InChI=1S/C46H94N4O20/c1-45(2,3)69-43(51)50(44(52)70-46(4,5)6)68-42-41-67-40-39-66-38-37-65-36-31-62-26-21-57-16-11-49(9-14-55-19-24-60-29-34-63-32-27-58-22-17-53-12-7-47)10-15-56-20-25-61-30-35-64-33-28-59-23-18-54-13-8-48/h7-42,47-48H2,1-6H3. The maximum atomic E-state index is 12.5. The Morgan fingerprint density at radius 2 is 0.486 bits per heavy atom. The Morgan fingerprint density at radius 3 is 0.686 bits per heavy atom. The molecular weight excluding hydrogens is 929 g/mol. The van der Waals surface area contributed by atoms with Crippen molar-refractivity contribution < 1.29 is 95.0 Å². The molecule has 0 heterocycles. The van der Waals surface area contributed by atoms with Gasteiger partial charge in [-0.3, -0.25) is 9.74 Å². The third kappa shape index (κ3) is 52.3. The molecule has 70 heavy (non-hydrogen) atoms. The average molecular weight is 1020 g/mol. The molecule has 0 aliphatic carbocycles. The van der Waals surface area contributed by atoms with Crippen LogP contribution in [-0.2, 0) is 85.4 Å². The number of hydroxylamine groups is 2. The maximum Gasteiger partial charge on any atom is 0.444 e. The first-order valence-corrected chi connectivity index (χ1v) is 24.6. The molecule has 0 bridgehead atoms. The van der Waals surface area contributed by atoms with Gasteiger partial charge >= 0.3 is 12.2 Å². The van der Waals surface area contributed by atoms with Crippen LogP contribution in [0.4, 0.5) is 9.59 Å². The lowest BCUT2D eigenvalue weighted by Gasteiger charge is -2.27. The number of ether oxygens (including phenoxy) is 17. The van der Waals surface area contributed by atoms with E-state index in [4.69, 9.17) is 96.8 Å². The highest BCUT2D eigenvalue weighted by Gasteiger charge is 2.32. The van der Waals surface area contributed by atoms with Gasteiger partial charge in [-0.15, -0.1) is 0 Å². The van der Waals surface area contributed by atoms with Crippen molar-refractivity contribution in [3.05, 3.63) is 0 Å². The lowest BCUT2D eigenvalue weighted by Crippen LogP contribution is -2.44. The van der Waals surface area contributed by atoms with Crippen molar-refractivity contribution in [2.24, 2.45) is 11.5 Å². The van der Waals surface area contributed by atoms with Crippen LogP contribution < -0.4 is 11.5 Å². The van der Waals surface area contributed by atoms with Crippen molar-refractivity contribution in [3.8, 4) is 0 Å². The molecule has 418 valence electrons. The molecule has 0 spiro atoms. The molecule has 0 saturated heterocycles. The van der Waals surface area contributed by atoms with Gasteiger partial charge in [-0.25, -0.2) is 9.59 Å². The number of amides is 2. The second kappa shape index (κ2) is 50.5. The van der Waals surface area contributed by atoms with Crippen LogP contribution in [0.5, 0.6) is 0 Å². The van der Waals surface area contributed by atoms with E-state index in [1.807, 2.05) is 0 Å². The number of nitrogens with zero attached hydrogens (tertiary/aromatic N) is 2. The second-order valence-electron chi connectivity index (χ2n) is 16.7. The third-order valence-electron chi connectivity index (χ3n) is 8.21. The summed E-state index contributed by atoms with van der Waals surface area (Å²) in [5.74, 6) is 0. The molecule has 0 saturated carbocycles. The van der Waals surface area contributed by atoms with Crippen LogP contribution in [0.2, 0.25) is 0 Å². The number of imide groups is 1. The Labute approximate surface area is 418 Å². The van der Waals surface area contributed by atoms with Gasteiger partial charge in [0.05, 0.1) is 205 Å². The van der Waals surface area contributed by atoms with Gasteiger partial charge in [-0.2, -0.15) is 0 Å². The van der Waals surface area contributed by atoms with E-state index >= 15 is 0 Å². The summed E-state index contributed by atoms with van der Waals surface area (Å²) in [6, 6.07) is 0. The SMILES string of the molecule is CC(C)(C)OC(=O)N(OCCOCCOCCOCCOCCOCCN(CCOCCOCCOCCOCCOCCN)CCOCCOCCOCCOCCOCCN)C(=O)OC(C)(C)C. The van der Waals surface area contributed by atoms with Crippen molar-refractivity contribution in [3.63, 3.8) is 0 Å². The van der Waals surface area contributed by atoms with Crippen LogP contribution >= 0.6 is 0 Å². The Hall–Kier alpha value is -2.02. The van der Waals surface area contributed by atoms with E-state index in [1.165, 1.54) is 0 Å². The molecule has 0 radical (unpaired) electrons. The summed E-state index contributed by atoms with van der Waals surface area (Å²) in [5, 5.41) is 0.462. The molecule has 0 atom stereocenters. The van der Waals surface area contributed by atoms with E-state index in [0.29, 0.717) is 223 Å². The van der Waals surface area contributed by atoms with Gasteiger partial charge in [0.1, 0.15) is 11.2 Å². The monoisotopic (exact) mass is 1020 g/mol. The average Bonchev–Trinajstić information content (AvgIpc) is 3.30. The van der Waals surface area contributed by atoms with Crippen LogP contribution in [-0.4, -0.2) is 271 Å². The van der Waals surface area contributed by atoms with Gasteiger partial charge in [0, 0.05) is 32.7 Å². The zero-order valence-corrected chi connectivity index (χ0v) is 43.7. The van der Waals surface area contributed by atoms with Crippen LogP contribution in [0.3, 0.4) is 0 Å². The fraction of sp³-hybridized carbons (Fsp3) is 0.957.